The largest absolute Gasteiger partial charge is 0.308 e. The van der Waals surface area contributed by atoms with Crippen LogP contribution in [0.2, 0.25) is 0 Å². The van der Waals surface area contributed by atoms with Gasteiger partial charge in [0.15, 0.2) is 5.82 Å². The molecule has 0 fully saturated rings. The van der Waals surface area contributed by atoms with Crippen molar-refractivity contribution in [3.63, 3.8) is 0 Å². The van der Waals surface area contributed by atoms with E-state index in [1.165, 1.54) is 16.3 Å². The van der Waals surface area contributed by atoms with Gasteiger partial charge in [-0.15, -0.1) is 0 Å². The number of amides is 1. The van der Waals surface area contributed by atoms with Crippen molar-refractivity contribution in [2.75, 3.05) is 5.32 Å². The van der Waals surface area contributed by atoms with Crippen LogP contribution in [0.15, 0.2) is 67.0 Å². The van der Waals surface area contributed by atoms with E-state index in [0.29, 0.717) is 12.4 Å². The van der Waals surface area contributed by atoms with Crippen LogP contribution in [0, 0.1) is 6.92 Å². The van der Waals surface area contributed by atoms with Crippen molar-refractivity contribution in [3.05, 3.63) is 78.2 Å². The van der Waals surface area contributed by atoms with Crippen LogP contribution < -0.4 is 5.32 Å². The van der Waals surface area contributed by atoms with Crippen molar-refractivity contribution in [1.82, 2.24) is 19.6 Å². The highest BCUT2D eigenvalue weighted by Gasteiger charge is 2.08. The number of fused-ring (bicyclic) bond motifs is 1. The second-order valence-corrected chi connectivity index (χ2v) is 6.22. The number of hydrogen-bond acceptors (Lipinski definition) is 3. The Bertz CT molecular complexity index is 1060. The number of aromatic nitrogens is 4. The number of hydrogen-bond donors (Lipinski definition) is 1. The molecular weight excluding hydrogens is 326 g/mol. The van der Waals surface area contributed by atoms with Crippen LogP contribution >= 0.6 is 0 Å². The van der Waals surface area contributed by atoms with E-state index >= 15 is 0 Å². The lowest BCUT2D eigenvalue weighted by Crippen LogP contribution is -2.20. The zero-order valence-electron chi connectivity index (χ0n) is 14.5. The van der Waals surface area contributed by atoms with E-state index < -0.39 is 0 Å². The third-order valence-corrected chi connectivity index (χ3v) is 4.34. The number of rotatable bonds is 5. The summed E-state index contributed by atoms with van der Waals surface area (Å²) in [5.74, 6) is 0.396. The second kappa shape index (κ2) is 6.84. The van der Waals surface area contributed by atoms with Gasteiger partial charge in [-0.1, -0.05) is 42.5 Å². The summed E-state index contributed by atoms with van der Waals surface area (Å²) in [6.45, 7) is 2.74. The summed E-state index contributed by atoms with van der Waals surface area (Å²) >= 11 is 0. The number of anilines is 1. The molecule has 4 aromatic rings. The van der Waals surface area contributed by atoms with Crippen molar-refractivity contribution in [1.29, 1.82) is 0 Å². The van der Waals surface area contributed by atoms with Crippen LogP contribution in [0.25, 0.3) is 10.8 Å². The molecule has 6 heteroatoms. The summed E-state index contributed by atoms with van der Waals surface area (Å²) in [5.41, 5.74) is 2.14. The molecule has 0 spiro atoms. The number of nitrogens with zero attached hydrogens (tertiary/aromatic N) is 4. The standard InChI is InChI=1S/C20H19N5O/c1-15-9-11-21-25(15)14-20(26)22-19-10-12-24(23-19)13-17-7-4-6-16-5-2-3-8-18(16)17/h2-12H,13-14H2,1H3,(H,22,23,26). The van der Waals surface area contributed by atoms with Crippen molar-refractivity contribution in [3.8, 4) is 0 Å². The molecule has 1 N–H and O–H groups in total. The third kappa shape index (κ3) is 3.35. The molecule has 0 aliphatic carbocycles. The predicted octanol–water partition coefficient (Wildman–Crippen LogP) is 3.23. The smallest absolute Gasteiger partial charge is 0.247 e. The Labute approximate surface area is 151 Å². The second-order valence-electron chi connectivity index (χ2n) is 6.22. The predicted molar refractivity (Wildman–Crippen MR) is 101 cm³/mol. The maximum absolute atomic E-state index is 12.2. The first kappa shape index (κ1) is 16.1. The van der Waals surface area contributed by atoms with Crippen molar-refractivity contribution < 1.29 is 4.79 Å². The molecule has 26 heavy (non-hydrogen) atoms. The van der Waals surface area contributed by atoms with E-state index in [2.05, 4.69) is 45.8 Å². The minimum Gasteiger partial charge on any atom is -0.308 e. The van der Waals surface area contributed by atoms with Gasteiger partial charge in [0, 0.05) is 24.2 Å². The van der Waals surface area contributed by atoms with Crippen LogP contribution in [0.5, 0.6) is 0 Å². The van der Waals surface area contributed by atoms with Gasteiger partial charge in [-0.2, -0.15) is 10.2 Å². The molecule has 0 saturated heterocycles. The molecule has 0 bridgehead atoms. The molecule has 0 atom stereocenters. The van der Waals surface area contributed by atoms with Crippen molar-refractivity contribution in [2.45, 2.75) is 20.0 Å². The summed E-state index contributed by atoms with van der Waals surface area (Å²) in [6, 6.07) is 18.2. The summed E-state index contributed by atoms with van der Waals surface area (Å²) in [5, 5.41) is 13.8. The monoisotopic (exact) mass is 345 g/mol. The third-order valence-electron chi connectivity index (χ3n) is 4.34. The average Bonchev–Trinajstić information content (AvgIpc) is 3.24. The minimum atomic E-state index is -0.146. The molecule has 6 nitrogen and oxygen atoms in total. The fourth-order valence-electron chi connectivity index (χ4n) is 3.00. The number of benzene rings is 2. The van der Waals surface area contributed by atoms with E-state index in [1.54, 1.807) is 16.9 Å². The minimum absolute atomic E-state index is 0.146. The van der Waals surface area contributed by atoms with Crippen LogP contribution in [-0.4, -0.2) is 25.5 Å². The molecule has 130 valence electrons. The maximum Gasteiger partial charge on any atom is 0.247 e. The van der Waals surface area contributed by atoms with E-state index in [1.807, 2.05) is 36.0 Å². The normalized spacial score (nSPS) is 11.0. The lowest BCUT2D eigenvalue weighted by Gasteiger charge is -2.07. The molecule has 2 heterocycles. The Kier molecular flexibility index (Phi) is 4.23. The molecule has 0 unspecified atom stereocenters. The Hall–Kier alpha value is -3.41. The topological polar surface area (TPSA) is 64.7 Å². The van der Waals surface area contributed by atoms with E-state index in [9.17, 15) is 4.79 Å². The fourth-order valence-corrected chi connectivity index (χ4v) is 3.00. The number of carbonyl (C=O) groups excluding carboxylic acids is 1. The molecule has 4 rings (SSSR count). The summed E-state index contributed by atoms with van der Waals surface area (Å²) in [4.78, 5) is 12.2. The number of carbonyl (C=O) groups is 1. The SMILES string of the molecule is Cc1ccnn1CC(=O)Nc1ccn(Cc2cccc3ccccc23)n1. The summed E-state index contributed by atoms with van der Waals surface area (Å²) in [6.07, 6.45) is 3.55. The van der Waals surface area contributed by atoms with Gasteiger partial charge in [-0.3, -0.25) is 14.2 Å². The van der Waals surface area contributed by atoms with Gasteiger partial charge in [-0.05, 0) is 29.3 Å². The number of nitrogens with one attached hydrogen (secondary N) is 1. The first-order chi connectivity index (χ1) is 12.7. The van der Waals surface area contributed by atoms with Gasteiger partial charge in [0.2, 0.25) is 5.91 Å². The highest BCUT2D eigenvalue weighted by atomic mass is 16.2. The quantitative estimate of drug-likeness (QED) is 0.604. The van der Waals surface area contributed by atoms with Crippen molar-refractivity contribution in [2.24, 2.45) is 0 Å². The first-order valence-electron chi connectivity index (χ1n) is 8.47. The van der Waals surface area contributed by atoms with Gasteiger partial charge in [0.1, 0.15) is 6.54 Å². The van der Waals surface area contributed by atoms with E-state index in [-0.39, 0.29) is 12.5 Å². The van der Waals surface area contributed by atoms with Crippen LogP contribution in [0.1, 0.15) is 11.3 Å². The fraction of sp³-hybridized carbons (Fsp3) is 0.150. The van der Waals surface area contributed by atoms with Gasteiger partial charge in [-0.25, -0.2) is 0 Å². The van der Waals surface area contributed by atoms with Gasteiger partial charge in [0.25, 0.3) is 0 Å². The molecule has 0 saturated carbocycles. The lowest BCUT2D eigenvalue weighted by atomic mass is 10.0. The molecular formula is C20H19N5O. The lowest BCUT2D eigenvalue weighted by molar-refractivity contribution is -0.117. The van der Waals surface area contributed by atoms with Crippen LogP contribution in [0.3, 0.4) is 0 Å². The van der Waals surface area contributed by atoms with Gasteiger partial charge >= 0.3 is 0 Å². The molecule has 2 aromatic heterocycles. The van der Waals surface area contributed by atoms with Gasteiger partial charge in [0.05, 0.1) is 6.54 Å². The summed E-state index contributed by atoms with van der Waals surface area (Å²) < 4.78 is 3.49. The maximum atomic E-state index is 12.2. The molecule has 0 aliphatic rings. The van der Waals surface area contributed by atoms with E-state index in [4.69, 9.17) is 0 Å². The Balaban J connectivity index is 1.46. The number of aryl methyl sites for hydroxylation is 1. The Morgan fingerprint density at radius 2 is 1.92 bits per heavy atom. The summed E-state index contributed by atoms with van der Waals surface area (Å²) in [7, 11) is 0. The van der Waals surface area contributed by atoms with Crippen LogP contribution in [-0.2, 0) is 17.9 Å². The van der Waals surface area contributed by atoms with Crippen LogP contribution in [0.4, 0.5) is 5.82 Å². The zero-order valence-corrected chi connectivity index (χ0v) is 14.5. The Morgan fingerprint density at radius 1 is 1.08 bits per heavy atom. The Morgan fingerprint density at radius 3 is 2.77 bits per heavy atom. The highest BCUT2D eigenvalue weighted by molar-refractivity contribution is 5.89. The first-order valence-corrected chi connectivity index (χ1v) is 8.47. The van der Waals surface area contributed by atoms with E-state index in [0.717, 1.165) is 5.69 Å². The molecule has 0 radical (unpaired) electrons. The molecule has 2 aromatic carbocycles. The molecule has 1 amide bonds. The zero-order chi connectivity index (χ0) is 17.9. The van der Waals surface area contributed by atoms with Crippen molar-refractivity contribution >= 4 is 22.5 Å². The highest BCUT2D eigenvalue weighted by Crippen LogP contribution is 2.19. The van der Waals surface area contributed by atoms with Gasteiger partial charge < -0.3 is 5.32 Å². The molecule has 0 aliphatic heterocycles. The average molecular weight is 345 g/mol.